The van der Waals surface area contributed by atoms with Gasteiger partial charge in [0, 0.05) is 6.04 Å². The highest BCUT2D eigenvalue weighted by atomic mass is 15.1. The van der Waals surface area contributed by atoms with Gasteiger partial charge < -0.3 is 4.90 Å². The van der Waals surface area contributed by atoms with Crippen LogP contribution >= 0.6 is 0 Å². The minimum Gasteiger partial charge on any atom is -0.306 e. The maximum Gasteiger partial charge on any atom is 0.00865 e. The molecule has 0 heterocycles. The lowest BCUT2D eigenvalue weighted by molar-refractivity contribution is 0.262. The normalized spacial score (nSPS) is 14.2. The first-order chi connectivity index (χ1) is 5.57. The van der Waals surface area contributed by atoms with Crippen LogP contribution in [-0.4, -0.2) is 25.0 Å². The highest BCUT2D eigenvalue weighted by molar-refractivity contribution is 4.64. The Kier molecular flexibility index (Phi) is 6.45. The van der Waals surface area contributed by atoms with E-state index in [1.165, 1.54) is 25.7 Å². The van der Waals surface area contributed by atoms with Crippen LogP contribution in [0.15, 0.2) is 0 Å². The van der Waals surface area contributed by atoms with Crippen LogP contribution in [0, 0.1) is 5.92 Å². The lowest BCUT2D eigenvalue weighted by atomic mass is 10.0. The predicted octanol–water partition coefficient (Wildman–Crippen LogP) is 3.15. The third-order valence-corrected chi connectivity index (χ3v) is 2.52. The van der Waals surface area contributed by atoms with Crippen LogP contribution in [0.5, 0.6) is 0 Å². The minimum absolute atomic E-state index is 0.795. The Morgan fingerprint density at radius 2 is 1.67 bits per heavy atom. The van der Waals surface area contributed by atoms with Crippen molar-refractivity contribution in [2.24, 2.45) is 5.92 Å². The van der Waals surface area contributed by atoms with E-state index < -0.39 is 0 Å². The average molecular weight is 171 g/mol. The number of nitrogens with zero attached hydrogens (tertiary/aromatic N) is 1. The lowest BCUT2D eigenvalue weighted by Gasteiger charge is -2.22. The Labute approximate surface area is 78.1 Å². The van der Waals surface area contributed by atoms with Gasteiger partial charge in [0.25, 0.3) is 0 Å². The fraction of sp³-hybridized carbons (Fsp3) is 1.00. The van der Waals surface area contributed by atoms with E-state index in [4.69, 9.17) is 0 Å². The van der Waals surface area contributed by atoms with Crippen molar-refractivity contribution in [2.45, 2.75) is 52.5 Å². The summed E-state index contributed by atoms with van der Waals surface area (Å²) in [5.41, 5.74) is 0. The zero-order valence-electron chi connectivity index (χ0n) is 9.43. The molecule has 0 aromatic heterocycles. The fourth-order valence-corrected chi connectivity index (χ4v) is 1.59. The quantitative estimate of drug-likeness (QED) is 0.593. The van der Waals surface area contributed by atoms with Gasteiger partial charge in [-0.15, -0.1) is 0 Å². The summed E-state index contributed by atoms with van der Waals surface area (Å²) in [5.74, 6) is 0.865. The van der Waals surface area contributed by atoms with Crippen LogP contribution in [-0.2, 0) is 0 Å². The van der Waals surface area contributed by atoms with Gasteiger partial charge in [-0.05, 0) is 32.9 Å². The van der Waals surface area contributed by atoms with Gasteiger partial charge in [0.1, 0.15) is 0 Å². The van der Waals surface area contributed by atoms with E-state index in [1.54, 1.807) is 0 Å². The molecule has 0 amide bonds. The maximum absolute atomic E-state index is 2.35. The Hall–Kier alpha value is -0.0400. The van der Waals surface area contributed by atoms with Crippen molar-refractivity contribution >= 4 is 0 Å². The summed E-state index contributed by atoms with van der Waals surface area (Å²) < 4.78 is 0. The third kappa shape index (κ3) is 5.59. The smallest absolute Gasteiger partial charge is 0.00865 e. The van der Waals surface area contributed by atoms with Crippen LogP contribution < -0.4 is 0 Å². The first kappa shape index (κ1) is 12.0. The van der Waals surface area contributed by atoms with Gasteiger partial charge in [-0.1, -0.05) is 33.6 Å². The third-order valence-electron chi connectivity index (χ3n) is 2.52. The van der Waals surface area contributed by atoms with Crippen LogP contribution in [0.4, 0.5) is 0 Å². The monoisotopic (exact) mass is 171 g/mol. The zero-order valence-corrected chi connectivity index (χ0v) is 9.43. The van der Waals surface area contributed by atoms with Crippen molar-refractivity contribution in [1.82, 2.24) is 4.90 Å². The van der Waals surface area contributed by atoms with Crippen LogP contribution in [0.2, 0.25) is 0 Å². The molecule has 0 aliphatic rings. The average Bonchev–Trinajstić information content (AvgIpc) is 1.96. The first-order valence-electron chi connectivity index (χ1n) is 5.24. The van der Waals surface area contributed by atoms with Crippen molar-refractivity contribution in [3.05, 3.63) is 0 Å². The highest BCUT2D eigenvalue weighted by Gasteiger charge is 2.07. The molecule has 0 N–H and O–H groups in total. The van der Waals surface area contributed by atoms with E-state index in [0.717, 1.165) is 12.0 Å². The summed E-state index contributed by atoms with van der Waals surface area (Å²) in [6, 6.07) is 0.795. The summed E-state index contributed by atoms with van der Waals surface area (Å²) in [5, 5.41) is 0. The van der Waals surface area contributed by atoms with E-state index in [9.17, 15) is 0 Å². The fourth-order valence-electron chi connectivity index (χ4n) is 1.59. The van der Waals surface area contributed by atoms with E-state index in [-0.39, 0.29) is 0 Å². The second-order valence-electron chi connectivity index (χ2n) is 4.35. The van der Waals surface area contributed by atoms with Crippen LogP contribution in [0.3, 0.4) is 0 Å². The summed E-state index contributed by atoms with van der Waals surface area (Å²) in [6.07, 6.45) is 5.41. The molecule has 0 aliphatic carbocycles. The van der Waals surface area contributed by atoms with Crippen molar-refractivity contribution in [3.63, 3.8) is 0 Å². The Morgan fingerprint density at radius 1 is 1.08 bits per heavy atom. The standard InChI is InChI=1S/C11H25N/c1-6-11(12(4)5)9-7-8-10(2)3/h10-11H,6-9H2,1-5H3. The summed E-state index contributed by atoms with van der Waals surface area (Å²) >= 11 is 0. The van der Waals surface area contributed by atoms with Gasteiger partial charge in [-0.25, -0.2) is 0 Å². The van der Waals surface area contributed by atoms with Gasteiger partial charge in [-0.3, -0.25) is 0 Å². The molecule has 0 aliphatic heterocycles. The van der Waals surface area contributed by atoms with Gasteiger partial charge in [0.2, 0.25) is 0 Å². The Morgan fingerprint density at radius 3 is 2.00 bits per heavy atom. The van der Waals surface area contributed by atoms with E-state index >= 15 is 0 Å². The maximum atomic E-state index is 2.35. The topological polar surface area (TPSA) is 3.24 Å². The second-order valence-corrected chi connectivity index (χ2v) is 4.35. The Bertz CT molecular complexity index is 97.2. The van der Waals surface area contributed by atoms with E-state index in [1.807, 2.05) is 0 Å². The minimum atomic E-state index is 0.795. The van der Waals surface area contributed by atoms with E-state index in [2.05, 4.69) is 39.8 Å². The first-order valence-corrected chi connectivity index (χ1v) is 5.24. The van der Waals surface area contributed by atoms with Gasteiger partial charge >= 0.3 is 0 Å². The second kappa shape index (κ2) is 6.47. The molecule has 0 rings (SSSR count). The van der Waals surface area contributed by atoms with Crippen molar-refractivity contribution in [2.75, 3.05) is 14.1 Å². The molecule has 0 spiro atoms. The zero-order chi connectivity index (χ0) is 9.56. The predicted molar refractivity (Wildman–Crippen MR) is 56.5 cm³/mol. The molecular weight excluding hydrogens is 146 g/mol. The SMILES string of the molecule is CCC(CCCC(C)C)N(C)C. The van der Waals surface area contributed by atoms with E-state index in [0.29, 0.717) is 0 Å². The number of hydrogen-bond donors (Lipinski definition) is 0. The summed E-state index contributed by atoms with van der Waals surface area (Å²) in [7, 11) is 4.37. The van der Waals surface area contributed by atoms with Crippen LogP contribution in [0.25, 0.3) is 0 Å². The molecule has 1 unspecified atom stereocenters. The molecule has 0 saturated carbocycles. The number of rotatable bonds is 6. The molecule has 0 fully saturated rings. The molecule has 12 heavy (non-hydrogen) atoms. The Balaban J connectivity index is 3.45. The molecule has 1 heteroatoms. The molecule has 1 atom stereocenters. The highest BCUT2D eigenvalue weighted by Crippen LogP contribution is 2.12. The summed E-state index contributed by atoms with van der Waals surface area (Å²) in [6.45, 7) is 6.88. The molecule has 0 bridgehead atoms. The number of hydrogen-bond acceptors (Lipinski definition) is 1. The largest absolute Gasteiger partial charge is 0.306 e. The lowest BCUT2D eigenvalue weighted by Crippen LogP contribution is -2.26. The molecule has 1 nitrogen and oxygen atoms in total. The molecule has 0 radical (unpaired) electrons. The van der Waals surface area contributed by atoms with Gasteiger partial charge in [0.15, 0.2) is 0 Å². The molecule has 74 valence electrons. The molecule has 0 aromatic carbocycles. The molecular formula is C11H25N. The van der Waals surface area contributed by atoms with Gasteiger partial charge in [0.05, 0.1) is 0 Å². The van der Waals surface area contributed by atoms with Crippen molar-refractivity contribution in [1.29, 1.82) is 0 Å². The van der Waals surface area contributed by atoms with Crippen LogP contribution in [0.1, 0.15) is 46.5 Å². The van der Waals surface area contributed by atoms with Crippen molar-refractivity contribution < 1.29 is 0 Å². The molecule has 0 aromatic rings. The summed E-state index contributed by atoms with van der Waals surface area (Å²) in [4.78, 5) is 2.35. The molecule has 0 saturated heterocycles. The van der Waals surface area contributed by atoms with Gasteiger partial charge in [-0.2, -0.15) is 0 Å². The van der Waals surface area contributed by atoms with Crippen molar-refractivity contribution in [3.8, 4) is 0 Å².